The summed E-state index contributed by atoms with van der Waals surface area (Å²) in [7, 11) is 0. The van der Waals surface area contributed by atoms with Crippen molar-refractivity contribution >= 4 is 6.29 Å². The first kappa shape index (κ1) is 11.4. The molecule has 2 aromatic rings. The number of halogens is 3. The Labute approximate surface area is 95.5 Å². The highest BCUT2D eigenvalue weighted by molar-refractivity contribution is 5.87. The quantitative estimate of drug-likeness (QED) is 0.728. The van der Waals surface area contributed by atoms with E-state index in [-0.39, 0.29) is 16.7 Å². The van der Waals surface area contributed by atoms with Gasteiger partial charge in [0.15, 0.2) is 17.9 Å². The number of hydrogen-bond acceptors (Lipinski definition) is 1. The zero-order valence-electron chi connectivity index (χ0n) is 8.58. The van der Waals surface area contributed by atoms with Gasteiger partial charge in [-0.2, -0.15) is 0 Å². The van der Waals surface area contributed by atoms with E-state index in [9.17, 15) is 18.0 Å². The second-order valence-corrected chi connectivity index (χ2v) is 3.45. The number of hydrogen-bond donors (Lipinski definition) is 0. The van der Waals surface area contributed by atoms with Gasteiger partial charge in [-0.15, -0.1) is 0 Å². The standard InChI is InChI=1S/C13H7F3O/c14-9-5-4-8(7-17)11(6-9)10-2-1-3-12(15)13(10)16/h1-7H. The maximum atomic E-state index is 13.5. The number of carbonyl (C=O) groups is 1. The third kappa shape index (κ3) is 2.06. The Morgan fingerprint density at radius 2 is 1.71 bits per heavy atom. The average molecular weight is 236 g/mol. The lowest BCUT2D eigenvalue weighted by molar-refractivity contribution is 0.112. The van der Waals surface area contributed by atoms with Crippen molar-refractivity contribution in [3.8, 4) is 11.1 Å². The van der Waals surface area contributed by atoms with E-state index in [4.69, 9.17) is 0 Å². The van der Waals surface area contributed by atoms with E-state index in [1.165, 1.54) is 18.2 Å². The molecule has 0 aliphatic heterocycles. The fraction of sp³-hybridized carbons (Fsp3) is 0. The molecule has 1 nitrogen and oxygen atoms in total. The maximum Gasteiger partial charge on any atom is 0.166 e. The first-order chi connectivity index (χ1) is 8.13. The van der Waals surface area contributed by atoms with Crippen LogP contribution in [0.25, 0.3) is 11.1 Å². The summed E-state index contributed by atoms with van der Waals surface area (Å²) in [6, 6.07) is 6.86. The van der Waals surface area contributed by atoms with Crippen LogP contribution in [0.3, 0.4) is 0 Å². The number of benzene rings is 2. The molecule has 0 saturated heterocycles. The second-order valence-electron chi connectivity index (χ2n) is 3.45. The highest BCUT2D eigenvalue weighted by atomic mass is 19.2. The van der Waals surface area contributed by atoms with Crippen LogP contribution in [0.2, 0.25) is 0 Å². The van der Waals surface area contributed by atoms with Crippen molar-refractivity contribution in [1.82, 2.24) is 0 Å². The summed E-state index contributed by atoms with van der Waals surface area (Å²) in [5.41, 5.74) is 0.0134. The SMILES string of the molecule is O=Cc1ccc(F)cc1-c1cccc(F)c1F. The van der Waals surface area contributed by atoms with Crippen LogP contribution < -0.4 is 0 Å². The Bertz CT molecular complexity index is 579. The van der Waals surface area contributed by atoms with Crippen molar-refractivity contribution in [1.29, 1.82) is 0 Å². The van der Waals surface area contributed by atoms with Crippen LogP contribution >= 0.6 is 0 Å². The van der Waals surface area contributed by atoms with E-state index in [2.05, 4.69) is 0 Å². The van der Waals surface area contributed by atoms with Gasteiger partial charge in [0.2, 0.25) is 0 Å². The molecule has 0 radical (unpaired) electrons. The van der Waals surface area contributed by atoms with E-state index in [0.29, 0.717) is 6.29 Å². The lowest BCUT2D eigenvalue weighted by Crippen LogP contribution is -1.94. The Hall–Kier alpha value is -2.10. The van der Waals surface area contributed by atoms with Gasteiger partial charge in [-0.1, -0.05) is 12.1 Å². The van der Waals surface area contributed by atoms with Gasteiger partial charge in [0, 0.05) is 11.1 Å². The molecule has 2 aromatic carbocycles. The molecule has 0 atom stereocenters. The molecule has 0 saturated carbocycles. The van der Waals surface area contributed by atoms with Gasteiger partial charge in [-0.25, -0.2) is 13.2 Å². The molecule has 0 aromatic heterocycles. The predicted molar refractivity (Wildman–Crippen MR) is 57.1 cm³/mol. The third-order valence-electron chi connectivity index (χ3n) is 2.38. The second kappa shape index (κ2) is 4.41. The average Bonchev–Trinajstić information content (AvgIpc) is 2.33. The van der Waals surface area contributed by atoms with Crippen LogP contribution in [0, 0.1) is 17.5 Å². The van der Waals surface area contributed by atoms with Crippen molar-refractivity contribution in [2.75, 3.05) is 0 Å². The van der Waals surface area contributed by atoms with Crippen molar-refractivity contribution in [2.45, 2.75) is 0 Å². The van der Waals surface area contributed by atoms with E-state index >= 15 is 0 Å². The highest BCUT2D eigenvalue weighted by Crippen LogP contribution is 2.27. The predicted octanol–water partition coefficient (Wildman–Crippen LogP) is 3.58. The van der Waals surface area contributed by atoms with Crippen LogP contribution in [-0.2, 0) is 0 Å². The van der Waals surface area contributed by atoms with Crippen molar-refractivity contribution in [2.24, 2.45) is 0 Å². The molecule has 2 rings (SSSR count). The molecule has 0 aliphatic carbocycles. The zero-order chi connectivity index (χ0) is 12.4. The molecule has 86 valence electrons. The van der Waals surface area contributed by atoms with Crippen LogP contribution in [0.15, 0.2) is 36.4 Å². The van der Waals surface area contributed by atoms with Crippen LogP contribution in [0.4, 0.5) is 13.2 Å². The fourth-order valence-electron chi connectivity index (χ4n) is 1.58. The minimum absolute atomic E-state index is 0.0389. The molecule has 0 N–H and O–H groups in total. The minimum Gasteiger partial charge on any atom is -0.298 e. The number of carbonyl (C=O) groups excluding carboxylic acids is 1. The number of rotatable bonds is 2. The van der Waals surface area contributed by atoms with E-state index in [1.807, 2.05) is 0 Å². The van der Waals surface area contributed by atoms with Gasteiger partial charge in [0.25, 0.3) is 0 Å². The molecule has 0 fully saturated rings. The van der Waals surface area contributed by atoms with Gasteiger partial charge < -0.3 is 0 Å². The molecule has 0 aliphatic rings. The van der Waals surface area contributed by atoms with Crippen molar-refractivity contribution < 1.29 is 18.0 Å². The maximum absolute atomic E-state index is 13.5. The summed E-state index contributed by atoms with van der Waals surface area (Å²) in [6.07, 6.45) is 0.471. The largest absolute Gasteiger partial charge is 0.298 e. The summed E-state index contributed by atoms with van der Waals surface area (Å²) in [4.78, 5) is 10.8. The molecule has 0 amide bonds. The Morgan fingerprint density at radius 3 is 2.41 bits per heavy atom. The number of aldehydes is 1. The van der Waals surface area contributed by atoms with Crippen LogP contribution in [0.1, 0.15) is 10.4 Å². The van der Waals surface area contributed by atoms with Gasteiger partial charge >= 0.3 is 0 Å². The molecule has 4 heteroatoms. The lowest BCUT2D eigenvalue weighted by atomic mass is 9.99. The van der Waals surface area contributed by atoms with Gasteiger partial charge in [0.05, 0.1) is 0 Å². The smallest absolute Gasteiger partial charge is 0.166 e. The topological polar surface area (TPSA) is 17.1 Å². The molecule has 0 spiro atoms. The van der Waals surface area contributed by atoms with Crippen molar-refractivity contribution in [3.63, 3.8) is 0 Å². The summed E-state index contributed by atoms with van der Waals surface area (Å²) < 4.78 is 39.6. The van der Waals surface area contributed by atoms with Gasteiger partial charge in [-0.3, -0.25) is 4.79 Å². The monoisotopic (exact) mass is 236 g/mol. The fourth-order valence-corrected chi connectivity index (χ4v) is 1.58. The summed E-state index contributed by atoms with van der Waals surface area (Å²) in [6.45, 7) is 0. The van der Waals surface area contributed by atoms with Gasteiger partial charge in [-0.05, 0) is 29.8 Å². The summed E-state index contributed by atoms with van der Waals surface area (Å²) in [5, 5.41) is 0. The van der Waals surface area contributed by atoms with Gasteiger partial charge in [0.1, 0.15) is 5.82 Å². The Balaban J connectivity index is 2.71. The molecule has 0 unspecified atom stereocenters. The van der Waals surface area contributed by atoms with Crippen molar-refractivity contribution in [3.05, 3.63) is 59.4 Å². The first-order valence-corrected chi connectivity index (χ1v) is 4.82. The van der Waals surface area contributed by atoms with E-state index < -0.39 is 17.5 Å². The normalized spacial score (nSPS) is 10.3. The Morgan fingerprint density at radius 1 is 0.941 bits per heavy atom. The minimum atomic E-state index is -1.10. The van der Waals surface area contributed by atoms with E-state index in [1.54, 1.807) is 0 Å². The van der Waals surface area contributed by atoms with E-state index in [0.717, 1.165) is 18.2 Å². The molecule has 0 heterocycles. The Kier molecular flexibility index (Phi) is 2.95. The third-order valence-corrected chi connectivity index (χ3v) is 2.38. The highest BCUT2D eigenvalue weighted by Gasteiger charge is 2.13. The lowest BCUT2D eigenvalue weighted by Gasteiger charge is -2.07. The molecular formula is C13H7F3O. The first-order valence-electron chi connectivity index (χ1n) is 4.82. The molecule has 0 bridgehead atoms. The molecule has 17 heavy (non-hydrogen) atoms. The van der Waals surface area contributed by atoms with Crippen LogP contribution in [-0.4, -0.2) is 6.29 Å². The zero-order valence-corrected chi connectivity index (χ0v) is 8.58. The summed E-state index contributed by atoms with van der Waals surface area (Å²) >= 11 is 0. The summed E-state index contributed by atoms with van der Waals surface area (Å²) in [5.74, 6) is -2.75. The molecular weight excluding hydrogens is 229 g/mol. The van der Waals surface area contributed by atoms with Crippen LogP contribution in [0.5, 0.6) is 0 Å².